The summed E-state index contributed by atoms with van der Waals surface area (Å²) < 4.78 is 4.61. The number of hydrogen-bond acceptors (Lipinski definition) is 3. The van der Waals surface area contributed by atoms with Crippen molar-refractivity contribution in [2.75, 3.05) is 0 Å². The average molecular weight is 163 g/mol. The van der Waals surface area contributed by atoms with Gasteiger partial charge in [-0.15, -0.1) is 0 Å². The third-order valence-corrected chi connectivity index (χ3v) is 1.72. The summed E-state index contributed by atoms with van der Waals surface area (Å²) in [4.78, 5) is 21.1. The van der Waals surface area contributed by atoms with Crippen molar-refractivity contribution in [3.8, 4) is 0 Å². The van der Waals surface area contributed by atoms with E-state index in [-0.39, 0.29) is 11.9 Å². The molecule has 0 aromatic rings. The van der Waals surface area contributed by atoms with Crippen molar-refractivity contribution in [3.05, 3.63) is 0 Å². The second-order valence-electron chi connectivity index (χ2n) is 2.37. The number of cyclic esters (lactones) is 1. The summed E-state index contributed by atoms with van der Waals surface area (Å²) in [5, 5.41) is -0.585. The largest absolute Gasteiger partial charge is 0.453 e. The van der Waals surface area contributed by atoms with Crippen molar-refractivity contribution in [3.63, 3.8) is 0 Å². The number of carbonyl (C=O) groups excluding carboxylic acids is 2. The standard InChI is InChI=1S/C6H7ClO3/c1-3-2-4(5(7)8)10-6(3)9/h3-4H,2H2,1H3/t3-,4-/m0/s1. The molecule has 56 valence electrons. The van der Waals surface area contributed by atoms with E-state index in [0.29, 0.717) is 6.42 Å². The molecule has 1 fully saturated rings. The van der Waals surface area contributed by atoms with Gasteiger partial charge in [-0.05, 0) is 11.6 Å². The van der Waals surface area contributed by atoms with Crippen molar-refractivity contribution >= 4 is 22.8 Å². The molecule has 3 nitrogen and oxygen atoms in total. The zero-order valence-electron chi connectivity index (χ0n) is 5.46. The third kappa shape index (κ3) is 1.29. The van der Waals surface area contributed by atoms with Gasteiger partial charge in [0, 0.05) is 6.42 Å². The van der Waals surface area contributed by atoms with Gasteiger partial charge in [0.1, 0.15) is 0 Å². The van der Waals surface area contributed by atoms with Crippen LogP contribution in [0.4, 0.5) is 0 Å². The Morgan fingerprint density at radius 3 is 2.60 bits per heavy atom. The van der Waals surface area contributed by atoms with Gasteiger partial charge in [0.25, 0.3) is 5.24 Å². The molecule has 0 spiro atoms. The lowest BCUT2D eigenvalue weighted by molar-refractivity contribution is -0.146. The summed E-state index contributed by atoms with van der Waals surface area (Å²) in [5.41, 5.74) is 0. The molecule has 0 saturated carbocycles. The van der Waals surface area contributed by atoms with Crippen molar-refractivity contribution in [1.82, 2.24) is 0 Å². The molecule has 4 heteroatoms. The Bertz CT molecular complexity index is 178. The van der Waals surface area contributed by atoms with Crippen molar-refractivity contribution < 1.29 is 14.3 Å². The predicted molar refractivity (Wildman–Crippen MR) is 34.5 cm³/mol. The number of ether oxygens (including phenoxy) is 1. The minimum Gasteiger partial charge on any atom is -0.453 e. The molecule has 1 aliphatic heterocycles. The maximum absolute atomic E-state index is 10.7. The summed E-state index contributed by atoms with van der Waals surface area (Å²) >= 11 is 5.10. The maximum atomic E-state index is 10.7. The molecule has 1 saturated heterocycles. The van der Waals surface area contributed by atoms with E-state index in [4.69, 9.17) is 11.6 Å². The number of esters is 1. The van der Waals surface area contributed by atoms with Crippen LogP contribution < -0.4 is 0 Å². The lowest BCUT2D eigenvalue weighted by atomic mass is 10.1. The number of rotatable bonds is 1. The fourth-order valence-electron chi connectivity index (χ4n) is 0.861. The molecule has 0 aromatic heterocycles. The van der Waals surface area contributed by atoms with E-state index in [2.05, 4.69) is 4.74 Å². The summed E-state index contributed by atoms with van der Waals surface area (Å²) in [5.74, 6) is -0.522. The van der Waals surface area contributed by atoms with Crippen LogP contribution in [-0.4, -0.2) is 17.3 Å². The van der Waals surface area contributed by atoms with Gasteiger partial charge in [-0.1, -0.05) is 6.92 Å². The Morgan fingerprint density at radius 1 is 1.80 bits per heavy atom. The fraction of sp³-hybridized carbons (Fsp3) is 0.667. The number of carbonyl (C=O) groups is 2. The Morgan fingerprint density at radius 2 is 2.40 bits per heavy atom. The number of halogens is 1. The fourth-order valence-corrected chi connectivity index (χ4v) is 0.994. The number of hydrogen-bond donors (Lipinski definition) is 0. The van der Waals surface area contributed by atoms with Crippen LogP contribution in [-0.2, 0) is 14.3 Å². The van der Waals surface area contributed by atoms with E-state index >= 15 is 0 Å². The summed E-state index contributed by atoms with van der Waals surface area (Å²) in [6.45, 7) is 1.71. The van der Waals surface area contributed by atoms with Crippen LogP contribution in [0.15, 0.2) is 0 Å². The van der Waals surface area contributed by atoms with Crippen LogP contribution in [0, 0.1) is 5.92 Å². The van der Waals surface area contributed by atoms with Crippen molar-refractivity contribution in [2.45, 2.75) is 19.4 Å². The first kappa shape index (κ1) is 7.54. The zero-order chi connectivity index (χ0) is 7.72. The van der Waals surface area contributed by atoms with E-state index in [0.717, 1.165) is 0 Å². The molecule has 0 bridgehead atoms. The van der Waals surface area contributed by atoms with Gasteiger partial charge in [-0.2, -0.15) is 0 Å². The topological polar surface area (TPSA) is 43.4 Å². The maximum Gasteiger partial charge on any atom is 0.309 e. The molecule has 0 radical (unpaired) electrons. The van der Waals surface area contributed by atoms with E-state index in [9.17, 15) is 9.59 Å². The summed E-state index contributed by atoms with van der Waals surface area (Å²) in [6, 6.07) is 0. The average Bonchev–Trinajstić information content (AvgIpc) is 2.13. The lowest BCUT2D eigenvalue weighted by Gasteiger charge is -1.99. The van der Waals surface area contributed by atoms with Gasteiger partial charge < -0.3 is 4.74 Å². The van der Waals surface area contributed by atoms with Crippen LogP contribution in [0.1, 0.15) is 13.3 Å². The molecule has 2 atom stereocenters. The highest BCUT2D eigenvalue weighted by Gasteiger charge is 2.34. The van der Waals surface area contributed by atoms with Gasteiger partial charge in [0.2, 0.25) is 0 Å². The van der Waals surface area contributed by atoms with E-state index in [1.165, 1.54) is 0 Å². The molecule has 0 unspecified atom stereocenters. The molecular formula is C6H7ClO3. The van der Waals surface area contributed by atoms with Crippen LogP contribution in [0.3, 0.4) is 0 Å². The van der Waals surface area contributed by atoms with Gasteiger partial charge in [0.15, 0.2) is 6.10 Å². The lowest BCUT2D eigenvalue weighted by Crippen LogP contribution is -2.13. The molecule has 10 heavy (non-hydrogen) atoms. The van der Waals surface area contributed by atoms with Gasteiger partial charge in [-0.25, -0.2) is 0 Å². The van der Waals surface area contributed by atoms with Gasteiger partial charge in [0.05, 0.1) is 5.92 Å². The third-order valence-electron chi connectivity index (χ3n) is 1.48. The van der Waals surface area contributed by atoms with Gasteiger partial charge >= 0.3 is 5.97 Å². The molecule has 0 aliphatic carbocycles. The predicted octanol–water partition coefficient (Wildman–Crippen LogP) is 0.703. The SMILES string of the molecule is C[C@H]1C[C@@H](C(=O)Cl)OC1=O. The first-order valence-corrected chi connectivity index (χ1v) is 3.39. The Hall–Kier alpha value is -0.570. The Labute approximate surface area is 63.3 Å². The van der Waals surface area contributed by atoms with Crippen molar-refractivity contribution in [2.24, 2.45) is 5.92 Å². The van der Waals surface area contributed by atoms with Crippen LogP contribution in [0.25, 0.3) is 0 Å². The van der Waals surface area contributed by atoms with E-state index in [1.54, 1.807) is 6.92 Å². The quantitative estimate of drug-likeness (QED) is 0.421. The molecule has 1 aliphatic rings. The first-order valence-electron chi connectivity index (χ1n) is 3.01. The smallest absolute Gasteiger partial charge is 0.309 e. The van der Waals surface area contributed by atoms with E-state index in [1.807, 2.05) is 0 Å². The molecule has 0 N–H and O–H groups in total. The molecule has 0 aromatic carbocycles. The second-order valence-corrected chi connectivity index (χ2v) is 2.74. The Kier molecular flexibility index (Phi) is 1.94. The minimum atomic E-state index is -0.704. The highest BCUT2D eigenvalue weighted by molar-refractivity contribution is 6.64. The van der Waals surface area contributed by atoms with Crippen LogP contribution in [0.2, 0.25) is 0 Å². The van der Waals surface area contributed by atoms with E-state index < -0.39 is 11.3 Å². The van der Waals surface area contributed by atoms with Gasteiger partial charge in [-0.3, -0.25) is 9.59 Å². The van der Waals surface area contributed by atoms with Crippen molar-refractivity contribution in [1.29, 1.82) is 0 Å². The minimum absolute atomic E-state index is 0.187. The second kappa shape index (κ2) is 2.58. The zero-order valence-corrected chi connectivity index (χ0v) is 6.22. The van der Waals surface area contributed by atoms with Crippen LogP contribution >= 0.6 is 11.6 Å². The molecular weight excluding hydrogens is 156 g/mol. The molecule has 0 amide bonds. The monoisotopic (exact) mass is 162 g/mol. The summed E-state index contributed by atoms with van der Waals surface area (Å²) in [7, 11) is 0. The Balaban J connectivity index is 2.57. The normalized spacial score (nSPS) is 32.0. The highest BCUT2D eigenvalue weighted by atomic mass is 35.5. The molecule has 1 rings (SSSR count). The highest BCUT2D eigenvalue weighted by Crippen LogP contribution is 2.21. The van der Waals surface area contributed by atoms with Crippen LogP contribution in [0.5, 0.6) is 0 Å². The summed E-state index contributed by atoms with van der Waals surface area (Å²) in [6.07, 6.45) is -0.287. The molecule has 1 heterocycles. The first-order chi connectivity index (χ1) is 4.61.